The Morgan fingerprint density at radius 3 is 2.86 bits per heavy atom. The number of hydrogen-bond donors (Lipinski definition) is 1. The highest BCUT2D eigenvalue weighted by Crippen LogP contribution is 2.20. The van der Waals surface area contributed by atoms with Gasteiger partial charge in [-0.05, 0) is 30.1 Å². The molecule has 1 aromatic carbocycles. The van der Waals surface area contributed by atoms with E-state index in [-0.39, 0.29) is 5.91 Å². The second-order valence-corrected chi connectivity index (χ2v) is 4.57. The third-order valence-electron chi connectivity index (χ3n) is 3.01. The number of rotatable bonds is 7. The molecule has 0 unspecified atom stereocenters. The van der Waals surface area contributed by atoms with Crippen molar-refractivity contribution in [2.45, 2.75) is 33.1 Å². The van der Waals surface area contributed by atoms with E-state index in [1.165, 1.54) is 0 Å². The van der Waals surface area contributed by atoms with Gasteiger partial charge >= 0.3 is 0 Å². The van der Waals surface area contributed by atoms with Crippen molar-refractivity contribution in [1.82, 2.24) is 10.3 Å². The van der Waals surface area contributed by atoms with Gasteiger partial charge in [0.15, 0.2) is 0 Å². The predicted molar refractivity (Wildman–Crippen MR) is 78.5 cm³/mol. The third-order valence-corrected chi connectivity index (χ3v) is 3.01. The Morgan fingerprint density at radius 1 is 1.29 bits per heavy atom. The second kappa shape index (κ2) is 7.42. The standard InChI is InChI=1S/C15H19N3O3/c1-3-5-10-20-13-9-7-6-8-11(13)15(19)16-14-12(4-2)17-21-18-14/h6-9H,3-5,10H2,1-2H3,(H,16,18,19). The summed E-state index contributed by atoms with van der Waals surface area (Å²) in [5.41, 5.74) is 1.09. The van der Waals surface area contributed by atoms with E-state index in [1.54, 1.807) is 18.2 Å². The molecular formula is C15H19N3O3. The predicted octanol–water partition coefficient (Wildman–Crippen LogP) is 3.06. The first-order valence-corrected chi connectivity index (χ1v) is 7.10. The number of amides is 1. The maximum Gasteiger partial charge on any atom is 0.260 e. The Kier molecular flexibility index (Phi) is 5.31. The number of aryl methyl sites for hydroxylation is 1. The summed E-state index contributed by atoms with van der Waals surface area (Å²) >= 11 is 0. The summed E-state index contributed by atoms with van der Waals surface area (Å²) < 4.78 is 10.3. The maximum absolute atomic E-state index is 12.3. The topological polar surface area (TPSA) is 77.2 Å². The van der Waals surface area contributed by atoms with Crippen molar-refractivity contribution in [3.63, 3.8) is 0 Å². The van der Waals surface area contributed by atoms with Gasteiger partial charge in [0.2, 0.25) is 5.82 Å². The quantitative estimate of drug-likeness (QED) is 0.793. The van der Waals surface area contributed by atoms with Crippen LogP contribution in [0.25, 0.3) is 0 Å². The van der Waals surface area contributed by atoms with Crippen LogP contribution in [-0.2, 0) is 6.42 Å². The van der Waals surface area contributed by atoms with Gasteiger partial charge in [-0.1, -0.05) is 37.6 Å². The smallest absolute Gasteiger partial charge is 0.260 e. The molecule has 0 fully saturated rings. The molecule has 1 amide bonds. The second-order valence-electron chi connectivity index (χ2n) is 4.57. The molecule has 1 aromatic heterocycles. The van der Waals surface area contributed by atoms with Gasteiger partial charge in [-0.25, -0.2) is 4.63 Å². The van der Waals surface area contributed by atoms with Crippen LogP contribution in [0.5, 0.6) is 5.75 Å². The minimum Gasteiger partial charge on any atom is -0.493 e. The Morgan fingerprint density at radius 2 is 2.10 bits per heavy atom. The summed E-state index contributed by atoms with van der Waals surface area (Å²) in [5.74, 6) is 0.635. The van der Waals surface area contributed by atoms with Crippen LogP contribution in [0, 0.1) is 0 Å². The summed E-state index contributed by atoms with van der Waals surface area (Å²) in [6.07, 6.45) is 2.62. The molecule has 0 spiro atoms. The maximum atomic E-state index is 12.3. The number of unbranched alkanes of at least 4 members (excludes halogenated alkanes) is 1. The lowest BCUT2D eigenvalue weighted by Gasteiger charge is -2.10. The summed E-state index contributed by atoms with van der Waals surface area (Å²) in [7, 11) is 0. The van der Waals surface area contributed by atoms with Crippen molar-refractivity contribution in [3.8, 4) is 5.75 Å². The van der Waals surface area contributed by atoms with Crippen LogP contribution in [0.15, 0.2) is 28.9 Å². The van der Waals surface area contributed by atoms with E-state index in [2.05, 4.69) is 27.2 Å². The molecule has 0 bridgehead atoms. The van der Waals surface area contributed by atoms with E-state index in [1.807, 2.05) is 13.0 Å². The molecule has 112 valence electrons. The van der Waals surface area contributed by atoms with Crippen molar-refractivity contribution in [2.24, 2.45) is 0 Å². The molecule has 0 saturated heterocycles. The number of nitrogens with one attached hydrogen (secondary N) is 1. The number of benzene rings is 1. The van der Waals surface area contributed by atoms with Crippen molar-refractivity contribution < 1.29 is 14.2 Å². The lowest BCUT2D eigenvalue weighted by atomic mass is 10.2. The first-order valence-electron chi connectivity index (χ1n) is 7.10. The number of carbonyl (C=O) groups excluding carboxylic acids is 1. The molecule has 6 nitrogen and oxygen atoms in total. The first-order chi connectivity index (χ1) is 10.3. The molecule has 2 aromatic rings. The van der Waals surface area contributed by atoms with Gasteiger partial charge in [0.25, 0.3) is 5.91 Å². The minimum atomic E-state index is -0.285. The van der Waals surface area contributed by atoms with Gasteiger partial charge in [0, 0.05) is 0 Å². The molecule has 0 radical (unpaired) electrons. The van der Waals surface area contributed by atoms with Crippen LogP contribution in [0.3, 0.4) is 0 Å². The van der Waals surface area contributed by atoms with Crippen LogP contribution in [0.1, 0.15) is 42.7 Å². The fourth-order valence-electron chi connectivity index (χ4n) is 1.81. The van der Waals surface area contributed by atoms with Gasteiger partial charge in [-0.15, -0.1) is 0 Å². The normalized spacial score (nSPS) is 10.4. The molecule has 6 heteroatoms. The largest absolute Gasteiger partial charge is 0.493 e. The highest BCUT2D eigenvalue weighted by molar-refractivity contribution is 6.05. The molecular weight excluding hydrogens is 270 g/mol. The number of ether oxygens (including phenoxy) is 1. The van der Waals surface area contributed by atoms with Crippen LogP contribution >= 0.6 is 0 Å². The molecule has 0 saturated carbocycles. The van der Waals surface area contributed by atoms with Gasteiger partial charge in [-0.3, -0.25) is 4.79 Å². The zero-order valence-electron chi connectivity index (χ0n) is 12.3. The number of anilines is 1. The molecule has 1 N–H and O–H groups in total. The Balaban J connectivity index is 2.11. The van der Waals surface area contributed by atoms with Crippen LogP contribution < -0.4 is 10.1 Å². The van der Waals surface area contributed by atoms with Gasteiger partial charge in [0.1, 0.15) is 11.4 Å². The van der Waals surface area contributed by atoms with Gasteiger partial charge in [0.05, 0.1) is 12.2 Å². The van der Waals surface area contributed by atoms with Crippen molar-refractivity contribution in [2.75, 3.05) is 11.9 Å². The average Bonchev–Trinajstić information content (AvgIpc) is 2.95. The Bertz CT molecular complexity index is 595. The van der Waals surface area contributed by atoms with E-state index in [9.17, 15) is 4.79 Å². The molecule has 2 rings (SSSR count). The highest BCUT2D eigenvalue weighted by atomic mass is 16.6. The lowest BCUT2D eigenvalue weighted by Crippen LogP contribution is -2.15. The van der Waals surface area contributed by atoms with Crippen molar-refractivity contribution in [1.29, 1.82) is 0 Å². The zero-order chi connectivity index (χ0) is 15.1. The number of hydrogen-bond acceptors (Lipinski definition) is 5. The van der Waals surface area contributed by atoms with Gasteiger partial charge < -0.3 is 10.1 Å². The fraction of sp³-hybridized carbons (Fsp3) is 0.400. The number of nitrogens with zero attached hydrogens (tertiary/aromatic N) is 2. The molecule has 1 heterocycles. The zero-order valence-corrected chi connectivity index (χ0v) is 12.3. The first kappa shape index (κ1) is 15.0. The van der Waals surface area contributed by atoms with Crippen LogP contribution in [0.4, 0.5) is 5.82 Å². The minimum absolute atomic E-state index is 0.285. The average molecular weight is 289 g/mol. The Labute approximate surface area is 123 Å². The van der Waals surface area contributed by atoms with Crippen molar-refractivity contribution in [3.05, 3.63) is 35.5 Å². The summed E-state index contributed by atoms with van der Waals surface area (Å²) in [6.45, 7) is 4.59. The summed E-state index contributed by atoms with van der Waals surface area (Å²) in [4.78, 5) is 12.3. The lowest BCUT2D eigenvalue weighted by molar-refractivity contribution is 0.102. The number of aromatic nitrogens is 2. The van der Waals surface area contributed by atoms with E-state index in [0.717, 1.165) is 12.8 Å². The Hall–Kier alpha value is -2.37. The van der Waals surface area contributed by atoms with Crippen LogP contribution in [-0.4, -0.2) is 22.8 Å². The molecule has 0 atom stereocenters. The monoisotopic (exact) mass is 289 g/mol. The van der Waals surface area contributed by atoms with E-state index < -0.39 is 0 Å². The number of carbonyl (C=O) groups is 1. The van der Waals surface area contributed by atoms with E-state index in [4.69, 9.17) is 4.74 Å². The number of para-hydroxylation sites is 1. The highest BCUT2D eigenvalue weighted by Gasteiger charge is 2.16. The van der Waals surface area contributed by atoms with E-state index in [0.29, 0.717) is 35.9 Å². The molecule has 21 heavy (non-hydrogen) atoms. The van der Waals surface area contributed by atoms with E-state index >= 15 is 0 Å². The van der Waals surface area contributed by atoms with Crippen molar-refractivity contribution >= 4 is 11.7 Å². The SMILES string of the molecule is CCCCOc1ccccc1C(=O)Nc1nonc1CC. The summed E-state index contributed by atoms with van der Waals surface area (Å²) in [5, 5.41) is 10.1. The van der Waals surface area contributed by atoms with Gasteiger partial charge in [-0.2, -0.15) is 0 Å². The molecule has 0 aliphatic carbocycles. The fourth-order valence-corrected chi connectivity index (χ4v) is 1.81. The van der Waals surface area contributed by atoms with Crippen LogP contribution in [0.2, 0.25) is 0 Å². The molecule has 0 aliphatic heterocycles. The molecule has 0 aliphatic rings. The summed E-state index contributed by atoms with van der Waals surface area (Å²) in [6, 6.07) is 7.14. The third kappa shape index (κ3) is 3.81.